The molecule has 1 radical (unpaired) electrons. The van der Waals surface area contributed by atoms with Gasteiger partial charge in [-0.05, 0) is 98.7 Å². The van der Waals surface area contributed by atoms with E-state index in [1.165, 1.54) is 98.7 Å². The van der Waals surface area contributed by atoms with Crippen molar-refractivity contribution in [2.75, 3.05) is 0 Å². The van der Waals surface area contributed by atoms with Gasteiger partial charge in [-0.15, -0.1) is 0 Å². The molecule has 0 aliphatic rings. The summed E-state index contributed by atoms with van der Waals surface area (Å²) in [5, 5.41) is 10.4. The van der Waals surface area contributed by atoms with Gasteiger partial charge in [-0.3, -0.25) is 0 Å². The first-order chi connectivity index (χ1) is 36.8. The van der Waals surface area contributed by atoms with Crippen LogP contribution >= 0.6 is 0 Å². The second-order valence-corrected chi connectivity index (χ2v) is 16.3. The zero-order valence-corrected chi connectivity index (χ0v) is 49.1. The minimum Gasteiger partial charge on any atom is -0.358 e. The van der Waals surface area contributed by atoms with Gasteiger partial charge in [0, 0.05) is 32.7 Å². The van der Waals surface area contributed by atoms with Crippen LogP contribution in [0.25, 0.3) is 99.7 Å². The molecule has 0 N–H and O–H groups in total. The minimum atomic E-state index is 0. The van der Waals surface area contributed by atoms with E-state index in [9.17, 15) is 0 Å². The first kappa shape index (κ1) is 61.1. The van der Waals surface area contributed by atoms with E-state index >= 15 is 0 Å². The average Bonchev–Trinajstić information content (AvgIpc) is 3.54. The summed E-state index contributed by atoms with van der Waals surface area (Å²) in [6, 6.07) is 98.6. The zero-order valence-electron chi connectivity index (χ0n) is 46.3. The van der Waals surface area contributed by atoms with E-state index in [4.69, 9.17) is 0 Å². The SMILES string of the molecule is C(=Cc1ccccc1)c1ccccc1.CC.CC.CC.CC.[CH3-].[Y].c1ccc(-c2c3ccccc3c(-c3ccccc3)c3ccccc23)cc1.c1ccc(-c2c3ccccc3c(-c3ccccc3)c3ccccc23)cc1. The Hall–Kier alpha value is -7.48. The van der Waals surface area contributed by atoms with Crippen molar-refractivity contribution < 1.29 is 32.7 Å². The topological polar surface area (TPSA) is 0 Å². The molecule has 0 bridgehead atoms. The second-order valence-electron chi connectivity index (χ2n) is 16.3. The number of hydrogen-bond acceptors (Lipinski definition) is 0. The molecule has 12 rings (SSSR count). The molecule has 0 amide bonds. The van der Waals surface area contributed by atoms with Gasteiger partial charge in [0.05, 0.1) is 0 Å². The van der Waals surface area contributed by atoms with Crippen LogP contribution in [0.1, 0.15) is 66.5 Å². The molecule has 1 heteroatoms. The molecule has 379 valence electrons. The molecule has 0 nitrogen and oxygen atoms in total. The Labute approximate surface area is 481 Å². The molecule has 12 aromatic carbocycles. The molecule has 12 aromatic rings. The van der Waals surface area contributed by atoms with E-state index in [1.807, 2.05) is 91.8 Å². The molecule has 0 aromatic heterocycles. The number of rotatable bonds is 6. The molecule has 0 aliphatic carbocycles. The predicted molar refractivity (Wildman–Crippen MR) is 338 cm³/mol. The Morgan fingerprint density at radius 2 is 0.316 bits per heavy atom. The fourth-order valence-electron chi connectivity index (χ4n) is 9.24. The molecule has 0 unspecified atom stereocenters. The largest absolute Gasteiger partial charge is 0.358 e. The molecule has 76 heavy (non-hydrogen) atoms. The molecule has 0 atom stereocenters. The standard InChI is InChI=1S/2C26H18.C14H12.4C2H6.CH3.Y/c2*1-3-11-19(12-4-1)25-21-15-7-9-17-23(21)26(20-13-5-2-6-14-20)24-18-10-8-16-22(24)25;1-3-7-13(8-4-1)11-12-14-9-5-2-6-10-14;4*1-2;;/h2*1-18H;1-12H;4*1-2H3;1H3;/q;;;;;;;-1;. The van der Waals surface area contributed by atoms with Gasteiger partial charge in [-0.2, -0.15) is 0 Å². The van der Waals surface area contributed by atoms with E-state index in [1.54, 1.807) is 0 Å². The van der Waals surface area contributed by atoms with Crippen molar-refractivity contribution in [2.24, 2.45) is 0 Å². The van der Waals surface area contributed by atoms with Crippen LogP contribution in [0.3, 0.4) is 0 Å². The molecular weight excluding hydrogens is 990 g/mol. The number of benzene rings is 12. The average molecular weight is 1070 g/mol. The third-order valence-electron chi connectivity index (χ3n) is 12.2. The predicted octanol–water partition coefficient (Wildman–Crippen LogP) is 23.1. The summed E-state index contributed by atoms with van der Waals surface area (Å²) in [4.78, 5) is 0. The van der Waals surface area contributed by atoms with Crippen molar-refractivity contribution >= 4 is 55.2 Å². The van der Waals surface area contributed by atoms with Crippen LogP contribution < -0.4 is 0 Å². The van der Waals surface area contributed by atoms with Gasteiger partial charge in [0.2, 0.25) is 0 Å². The monoisotopic (exact) mass is 1060 g/mol. The minimum absolute atomic E-state index is 0. The summed E-state index contributed by atoms with van der Waals surface area (Å²) in [5.41, 5.74) is 12.8. The summed E-state index contributed by atoms with van der Waals surface area (Å²) in [6.45, 7) is 16.0. The van der Waals surface area contributed by atoms with Crippen LogP contribution in [0.15, 0.2) is 279 Å². The van der Waals surface area contributed by atoms with E-state index in [0.717, 1.165) is 0 Å². The van der Waals surface area contributed by atoms with Crippen molar-refractivity contribution in [1.29, 1.82) is 0 Å². The third-order valence-corrected chi connectivity index (χ3v) is 12.2. The summed E-state index contributed by atoms with van der Waals surface area (Å²) in [7, 11) is 0. The Morgan fingerprint density at radius 3 is 0.474 bits per heavy atom. The van der Waals surface area contributed by atoms with E-state index in [2.05, 4.69) is 255 Å². The fraction of sp³-hybridized carbons (Fsp3) is 0.107. The van der Waals surface area contributed by atoms with Crippen LogP contribution in [0, 0.1) is 7.43 Å². The molecular formula is C75H75Y-. The molecule has 0 spiro atoms. The molecule has 0 saturated heterocycles. The van der Waals surface area contributed by atoms with E-state index < -0.39 is 0 Å². The summed E-state index contributed by atoms with van der Waals surface area (Å²) in [5.74, 6) is 0. The Bertz CT molecular complexity index is 2980. The molecule has 0 saturated carbocycles. The van der Waals surface area contributed by atoms with Gasteiger partial charge >= 0.3 is 0 Å². The quantitative estimate of drug-likeness (QED) is 0.0884. The van der Waals surface area contributed by atoms with Crippen molar-refractivity contribution in [3.63, 3.8) is 0 Å². The van der Waals surface area contributed by atoms with E-state index in [0.29, 0.717) is 0 Å². The Morgan fingerprint density at radius 1 is 0.184 bits per heavy atom. The molecule has 0 heterocycles. The number of fused-ring (bicyclic) bond motifs is 4. The van der Waals surface area contributed by atoms with Crippen molar-refractivity contribution in [1.82, 2.24) is 0 Å². The zero-order chi connectivity index (χ0) is 52.3. The maximum atomic E-state index is 2.25. The first-order valence-electron chi connectivity index (χ1n) is 26.7. The van der Waals surface area contributed by atoms with E-state index in [-0.39, 0.29) is 40.1 Å². The fourth-order valence-corrected chi connectivity index (χ4v) is 9.24. The number of hydrogen-bond donors (Lipinski definition) is 0. The summed E-state index contributed by atoms with van der Waals surface area (Å²) >= 11 is 0. The third kappa shape index (κ3) is 15.1. The maximum absolute atomic E-state index is 2.25. The van der Waals surface area contributed by atoms with Crippen LogP contribution in [0.2, 0.25) is 0 Å². The first-order valence-corrected chi connectivity index (χ1v) is 26.7. The summed E-state index contributed by atoms with van der Waals surface area (Å²) in [6.07, 6.45) is 4.24. The van der Waals surface area contributed by atoms with Gasteiger partial charge in [-0.1, -0.05) is 347 Å². The summed E-state index contributed by atoms with van der Waals surface area (Å²) < 4.78 is 0. The maximum Gasteiger partial charge on any atom is 0 e. The van der Waals surface area contributed by atoms with Gasteiger partial charge in [0.15, 0.2) is 0 Å². The van der Waals surface area contributed by atoms with Gasteiger partial charge < -0.3 is 7.43 Å². The van der Waals surface area contributed by atoms with Crippen molar-refractivity contribution in [3.8, 4) is 44.5 Å². The van der Waals surface area contributed by atoms with Gasteiger partial charge in [-0.25, -0.2) is 0 Å². The van der Waals surface area contributed by atoms with Crippen molar-refractivity contribution in [2.45, 2.75) is 55.4 Å². The smallest absolute Gasteiger partial charge is 0 e. The van der Waals surface area contributed by atoms with Gasteiger partial charge in [0.25, 0.3) is 0 Å². The molecule has 0 fully saturated rings. The molecule has 0 aliphatic heterocycles. The second kappa shape index (κ2) is 33.4. The normalized spacial score (nSPS) is 9.84. The van der Waals surface area contributed by atoms with Crippen LogP contribution in [0.4, 0.5) is 0 Å². The Kier molecular flexibility index (Phi) is 26.9. The van der Waals surface area contributed by atoms with Crippen LogP contribution in [-0.2, 0) is 32.7 Å². The van der Waals surface area contributed by atoms with Crippen LogP contribution in [-0.4, -0.2) is 0 Å². The van der Waals surface area contributed by atoms with Crippen molar-refractivity contribution in [3.05, 3.63) is 298 Å². The van der Waals surface area contributed by atoms with Crippen LogP contribution in [0.5, 0.6) is 0 Å². The Balaban J connectivity index is 0.000000236. The van der Waals surface area contributed by atoms with Gasteiger partial charge in [0.1, 0.15) is 0 Å².